The number of nitrogens with one attached hydrogen (secondary N) is 1. The molecule has 1 saturated carbocycles. The van der Waals surface area contributed by atoms with Gasteiger partial charge in [-0.2, -0.15) is 0 Å². The average Bonchev–Trinajstić information content (AvgIpc) is 3.04. The van der Waals surface area contributed by atoms with E-state index in [0.717, 1.165) is 6.54 Å². The van der Waals surface area contributed by atoms with E-state index in [-0.39, 0.29) is 5.02 Å². The summed E-state index contributed by atoms with van der Waals surface area (Å²) in [7, 11) is 0. The van der Waals surface area contributed by atoms with Gasteiger partial charge in [-0.05, 0) is 34.8 Å². The highest BCUT2D eigenvalue weighted by Gasteiger charge is 2.19. The number of ether oxygens (including phenoxy) is 1. The normalized spacial score (nSPS) is 15.2. The molecule has 0 aromatic heterocycles. The second-order valence-corrected chi connectivity index (χ2v) is 5.04. The summed E-state index contributed by atoms with van der Waals surface area (Å²) in [4.78, 5) is 0. The van der Waals surface area contributed by atoms with Gasteiger partial charge >= 0.3 is 0 Å². The summed E-state index contributed by atoms with van der Waals surface area (Å²) in [5.41, 5.74) is 0. The van der Waals surface area contributed by atoms with Crippen LogP contribution < -0.4 is 10.1 Å². The summed E-state index contributed by atoms with van der Waals surface area (Å²) in [5, 5.41) is 3.41. The van der Waals surface area contributed by atoms with Gasteiger partial charge in [0, 0.05) is 18.7 Å². The molecule has 0 spiro atoms. The molecule has 0 amide bonds. The van der Waals surface area contributed by atoms with E-state index in [1.54, 1.807) is 0 Å². The highest BCUT2D eigenvalue weighted by molar-refractivity contribution is 9.10. The molecule has 1 aliphatic carbocycles. The van der Waals surface area contributed by atoms with E-state index in [4.69, 9.17) is 16.3 Å². The molecule has 2 nitrogen and oxygen atoms in total. The maximum absolute atomic E-state index is 13.2. The van der Waals surface area contributed by atoms with Gasteiger partial charge in [0.2, 0.25) is 0 Å². The van der Waals surface area contributed by atoms with E-state index in [1.807, 2.05) is 0 Å². The first-order valence-corrected chi connectivity index (χ1v) is 6.34. The van der Waals surface area contributed by atoms with Crippen molar-refractivity contribution >= 4 is 27.5 Å². The minimum Gasteiger partial charge on any atom is -0.491 e. The lowest BCUT2D eigenvalue weighted by molar-refractivity contribution is 0.310. The van der Waals surface area contributed by atoms with Crippen molar-refractivity contribution in [3.63, 3.8) is 0 Å². The van der Waals surface area contributed by atoms with Crippen LogP contribution in [0, 0.1) is 5.82 Å². The van der Waals surface area contributed by atoms with Crippen molar-refractivity contribution in [2.75, 3.05) is 13.2 Å². The van der Waals surface area contributed by atoms with Gasteiger partial charge < -0.3 is 10.1 Å². The predicted molar refractivity (Wildman–Crippen MR) is 65.6 cm³/mol. The van der Waals surface area contributed by atoms with E-state index in [2.05, 4.69) is 21.2 Å². The summed E-state index contributed by atoms with van der Waals surface area (Å²) >= 11 is 8.90. The Hall–Kier alpha value is -0.320. The number of rotatable bonds is 5. The van der Waals surface area contributed by atoms with Crippen molar-refractivity contribution in [3.05, 3.63) is 27.4 Å². The van der Waals surface area contributed by atoms with Crippen LogP contribution in [-0.4, -0.2) is 19.2 Å². The smallest absolute Gasteiger partial charge is 0.145 e. The Balaban J connectivity index is 1.85. The van der Waals surface area contributed by atoms with Crippen molar-refractivity contribution in [3.8, 4) is 5.75 Å². The predicted octanol–water partition coefficient (Wildman–Crippen LogP) is 3.37. The molecule has 88 valence electrons. The van der Waals surface area contributed by atoms with Crippen LogP contribution >= 0.6 is 27.5 Å². The molecule has 1 aromatic carbocycles. The average molecular weight is 309 g/mol. The molecule has 0 saturated heterocycles. The zero-order chi connectivity index (χ0) is 11.5. The van der Waals surface area contributed by atoms with Crippen LogP contribution in [0.4, 0.5) is 4.39 Å². The summed E-state index contributed by atoms with van der Waals surface area (Å²) in [6.45, 7) is 1.30. The van der Waals surface area contributed by atoms with Crippen molar-refractivity contribution < 1.29 is 9.13 Å². The van der Waals surface area contributed by atoms with Gasteiger partial charge in [-0.3, -0.25) is 0 Å². The molecule has 5 heteroatoms. The van der Waals surface area contributed by atoms with E-state index in [1.165, 1.54) is 25.0 Å². The zero-order valence-electron chi connectivity index (χ0n) is 8.60. The van der Waals surface area contributed by atoms with Crippen LogP contribution in [0.5, 0.6) is 5.75 Å². The van der Waals surface area contributed by atoms with E-state index in [0.29, 0.717) is 22.9 Å². The first-order valence-electron chi connectivity index (χ1n) is 5.17. The Kier molecular flexibility index (Phi) is 4.05. The molecule has 0 heterocycles. The van der Waals surface area contributed by atoms with E-state index in [9.17, 15) is 4.39 Å². The van der Waals surface area contributed by atoms with Crippen LogP contribution in [0.3, 0.4) is 0 Å². The number of halogens is 3. The number of hydrogen-bond acceptors (Lipinski definition) is 2. The van der Waals surface area contributed by atoms with Gasteiger partial charge in [0.05, 0.1) is 9.50 Å². The standard InChI is InChI=1S/C11H12BrClFNO/c12-8-5-9(13)10(14)6-11(8)16-4-3-15-7-1-2-7/h5-7,15H,1-4H2. The summed E-state index contributed by atoms with van der Waals surface area (Å²) in [5.74, 6) is 0.0227. The van der Waals surface area contributed by atoms with Crippen LogP contribution in [0.15, 0.2) is 16.6 Å². The molecule has 1 aromatic rings. The Morgan fingerprint density at radius 3 is 2.94 bits per heavy atom. The summed E-state index contributed by atoms with van der Waals surface area (Å²) in [6.07, 6.45) is 2.50. The number of hydrogen-bond donors (Lipinski definition) is 1. The van der Waals surface area contributed by atoms with Gasteiger partial charge in [0.25, 0.3) is 0 Å². The summed E-state index contributed by atoms with van der Waals surface area (Å²) in [6, 6.07) is 3.46. The highest BCUT2D eigenvalue weighted by atomic mass is 79.9. The molecule has 16 heavy (non-hydrogen) atoms. The maximum Gasteiger partial charge on any atom is 0.145 e. The fourth-order valence-electron chi connectivity index (χ4n) is 1.33. The Bertz CT molecular complexity index is 384. The van der Waals surface area contributed by atoms with Crippen molar-refractivity contribution in [2.24, 2.45) is 0 Å². The van der Waals surface area contributed by atoms with Crippen molar-refractivity contribution in [1.82, 2.24) is 5.32 Å². The third kappa shape index (κ3) is 3.34. The van der Waals surface area contributed by atoms with Crippen molar-refractivity contribution in [1.29, 1.82) is 0 Å². The molecule has 1 N–H and O–H groups in total. The monoisotopic (exact) mass is 307 g/mol. The Labute approximate surface area is 107 Å². The van der Waals surface area contributed by atoms with E-state index < -0.39 is 5.82 Å². The van der Waals surface area contributed by atoms with Crippen molar-refractivity contribution in [2.45, 2.75) is 18.9 Å². The zero-order valence-corrected chi connectivity index (χ0v) is 10.9. The fraction of sp³-hybridized carbons (Fsp3) is 0.455. The molecule has 0 bridgehead atoms. The maximum atomic E-state index is 13.2. The molecule has 1 aliphatic rings. The molecule has 0 radical (unpaired) electrons. The van der Waals surface area contributed by atoms with Gasteiger partial charge in [0.15, 0.2) is 0 Å². The topological polar surface area (TPSA) is 21.3 Å². The van der Waals surface area contributed by atoms with Gasteiger partial charge in [0.1, 0.15) is 18.2 Å². The van der Waals surface area contributed by atoms with Gasteiger partial charge in [-0.1, -0.05) is 11.6 Å². The molecule has 1 fully saturated rings. The molecular weight excluding hydrogens is 296 g/mol. The fourth-order valence-corrected chi connectivity index (χ4v) is 2.08. The molecule has 0 aliphatic heterocycles. The third-order valence-electron chi connectivity index (χ3n) is 2.34. The minimum absolute atomic E-state index is 0.0929. The van der Waals surface area contributed by atoms with Crippen LogP contribution in [0.1, 0.15) is 12.8 Å². The highest BCUT2D eigenvalue weighted by Crippen LogP contribution is 2.30. The SMILES string of the molecule is Fc1cc(OCCNC2CC2)c(Br)cc1Cl. The van der Waals surface area contributed by atoms with Gasteiger partial charge in [-0.15, -0.1) is 0 Å². The lowest BCUT2D eigenvalue weighted by Gasteiger charge is -2.09. The molecule has 0 atom stereocenters. The number of benzene rings is 1. The lowest BCUT2D eigenvalue weighted by Crippen LogP contribution is -2.22. The summed E-state index contributed by atoms with van der Waals surface area (Å²) < 4.78 is 19.3. The van der Waals surface area contributed by atoms with E-state index >= 15 is 0 Å². The molecule has 2 rings (SSSR count). The van der Waals surface area contributed by atoms with Crippen LogP contribution in [0.25, 0.3) is 0 Å². The Morgan fingerprint density at radius 2 is 2.25 bits per heavy atom. The molecule has 0 unspecified atom stereocenters. The second-order valence-electron chi connectivity index (χ2n) is 3.77. The third-order valence-corrected chi connectivity index (χ3v) is 3.25. The van der Waals surface area contributed by atoms with Crippen LogP contribution in [-0.2, 0) is 0 Å². The Morgan fingerprint density at radius 1 is 1.50 bits per heavy atom. The van der Waals surface area contributed by atoms with Crippen LogP contribution in [0.2, 0.25) is 5.02 Å². The first-order chi connectivity index (χ1) is 7.66. The first kappa shape index (κ1) is 12.1. The second kappa shape index (κ2) is 5.34. The molecular formula is C11H12BrClFNO. The lowest BCUT2D eigenvalue weighted by atomic mass is 10.3. The largest absolute Gasteiger partial charge is 0.491 e. The van der Waals surface area contributed by atoms with Gasteiger partial charge in [-0.25, -0.2) is 4.39 Å². The minimum atomic E-state index is -0.463. The quantitative estimate of drug-likeness (QED) is 0.665.